The van der Waals surface area contributed by atoms with Crippen LogP contribution in [0, 0.1) is 0 Å². The molecular weight excluding hydrogens is 330 g/mol. The van der Waals surface area contributed by atoms with Gasteiger partial charge in [0.2, 0.25) is 0 Å². The largest absolute Gasteiger partial charge is 0.370 e. The molecule has 27 heavy (non-hydrogen) atoms. The first-order valence-electron chi connectivity index (χ1n) is 11.1. The number of benzene rings is 1. The number of fused-ring (bicyclic) bond motifs is 1. The van der Waals surface area contributed by atoms with Gasteiger partial charge in [0.1, 0.15) is 5.82 Å². The second-order valence-corrected chi connectivity index (χ2v) is 7.66. The van der Waals surface area contributed by atoms with E-state index in [4.69, 9.17) is 0 Å². The Balaban J connectivity index is 1.71. The zero-order chi connectivity index (χ0) is 19.2. The minimum absolute atomic E-state index is 0.992. The zero-order valence-corrected chi connectivity index (χ0v) is 17.6. The molecule has 2 aromatic rings. The van der Waals surface area contributed by atoms with E-state index in [0.29, 0.717) is 0 Å². The van der Waals surface area contributed by atoms with Crippen molar-refractivity contribution in [3.8, 4) is 0 Å². The molecule has 0 saturated heterocycles. The maximum atomic E-state index is 4.54. The van der Waals surface area contributed by atoms with E-state index in [1.54, 1.807) is 0 Å². The van der Waals surface area contributed by atoms with Crippen LogP contribution in [-0.4, -0.2) is 36.1 Å². The lowest BCUT2D eigenvalue weighted by molar-refractivity contribution is 0.260. The van der Waals surface area contributed by atoms with Crippen LogP contribution in [0.25, 0.3) is 10.8 Å². The Kier molecular flexibility index (Phi) is 10.9. The fourth-order valence-electron chi connectivity index (χ4n) is 3.56. The minimum Gasteiger partial charge on any atom is -0.370 e. The van der Waals surface area contributed by atoms with Gasteiger partial charge in [-0.15, -0.1) is 0 Å². The summed E-state index contributed by atoms with van der Waals surface area (Å²) in [5.74, 6) is 0.992. The molecule has 0 fully saturated rings. The maximum Gasteiger partial charge on any atom is 0.126 e. The van der Waals surface area contributed by atoms with E-state index in [1.165, 1.54) is 88.2 Å². The van der Waals surface area contributed by atoms with Crippen LogP contribution in [-0.2, 0) is 0 Å². The number of hydrogen-bond acceptors (Lipinski definition) is 3. The van der Waals surface area contributed by atoms with Crippen molar-refractivity contribution in [2.75, 3.05) is 31.5 Å². The smallest absolute Gasteiger partial charge is 0.126 e. The van der Waals surface area contributed by atoms with Crippen LogP contribution in [0.3, 0.4) is 0 Å². The number of pyridine rings is 1. The van der Waals surface area contributed by atoms with Crippen molar-refractivity contribution in [3.05, 3.63) is 36.5 Å². The van der Waals surface area contributed by atoms with Gasteiger partial charge >= 0.3 is 0 Å². The fourth-order valence-corrected chi connectivity index (χ4v) is 3.56. The van der Waals surface area contributed by atoms with Crippen molar-refractivity contribution in [3.63, 3.8) is 0 Å². The number of anilines is 1. The molecule has 0 amide bonds. The highest BCUT2D eigenvalue weighted by molar-refractivity contribution is 5.83. The first-order valence-corrected chi connectivity index (χ1v) is 11.1. The van der Waals surface area contributed by atoms with Crippen LogP contribution in [0.4, 0.5) is 5.82 Å². The summed E-state index contributed by atoms with van der Waals surface area (Å²) in [6.07, 6.45) is 14.0. The van der Waals surface area contributed by atoms with Gasteiger partial charge in [0.25, 0.3) is 0 Å². The van der Waals surface area contributed by atoms with Crippen LogP contribution in [0.15, 0.2) is 36.5 Å². The molecule has 0 radical (unpaired) electrons. The fraction of sp³-hybridized carbons (Fsp3) is 0.625. The van der Waals surface area contributed by atoms with E-state index >= 15 is 0 Å². The maximum absolute atomic E-state index is 4.54. The van der Waals surface area contributed by atoms with Gasteiger partial charge in [-0.1, -0.05) is 76.6 Å². The Labute approximate surface area is 166 Å². The zero-order valence-electron chi connectivity index (χ0n) is 17.6. The molecule has 0 spiro atoms. The third kappa shape index (κ3) is 8.75. The molecular formula is C24H39N3. The van der Waals surface area contributed by atoms with Crippen molar-refractivity contribution in [1.29, 1.82) is 0 Å². The summed E-state index contributed by atoms with van der Waals surface area (Å²) in [7, 11) is 0. The number of aromatic nitrogens is 1. The molecule has 3 heteroatoms. The summed E-state index contributed by atoms with van der Waals surface area (Å²) in [5.41, 5.74) is 0. The Hall–Kier alpha value is -1.61. The summed E-state index contributed by atoms with van der Waals surface area (Å²) in [6, 6.07) is 10.6. The van der Waals surface area contributed by atoms with Crippen LogP contribution in [0.2, 0.25) is 0 Å². The number of nitrogens with one attached hydrogen (secondary N) is 1. The summed E-state index contributed by atoms with van der Waals surface area (Å²) >= 11 is 0. The van der Waals surface area contributed by atoms with Gasteiger partial charge in [-0.2, -0.15) is 0 Å². The quantitative estimate of drug-likeness (QED) is 0.363. The van der Waals surface area contributed by atoms with Crippen LogP contribution in [0.1, 0.15) is 71.6 Å². The lowest BCUT2D eigenvalue weighted by Crippen LogP contribution is -2.28. The van der Waals surface area contributed by atoms with E-state index in [2.05, 4.69) is 59.4 Å². The van der Waals surface area contributed by atoms with Crippen molar-refractivity contribution in [2.45, 2.75) is 71.6 Å². The highest BCUT2D eigenvalue weighted by Gasteiger charge is 2.05. The average Bonchev–Trinajstić information content (AvgIpc) is 2.71. The summed E-state index contributed by atoms with van der Waals surface area (Å²) < 4.78 is 0. The Bertz CT molecular complexity index is 614. The van der Waals surface area contributed by atoms with Gasteiger partial charge in [0, 0.05) is 18.1 Å². The van der Waals surface area contributed by atoms with Crippen molar-refractivity contribution < 1.29 is 0 Å². The number of rotatable bonds is 15. The van der Waals surface area contributed by atoms with Gasteiger partial charge in [-0.05, 0) is 50.3 Å². The number of hydrogen-bond donors (Lipinski definition) is 1. The van der Waals surface area contributed by atoms with Gasteiger partial charge in [0.05, 0.1) is 0 Å². The molecule has 0 atom stereocenters. The highest BCUT2D eigenvalue weighted by atomic mass is 15.1. The first-order chi connectivity index (χ1) is 13.3. The number of nitrogens with zero attached hydrogens (tertiary/aromatic N) is 2. The minimum atomic E-state index is 0.992. The predicted octanol–water partition coefficient (Wildman–Crippen LogP) is 6.50. The standard InChI is InChI=1S/C24H39N3/c1-3-5-7-11-17-27(18-12-8-6-4-2)19-13-16-25-24-20-22-14-9-10-15-23(22)21-26-24/h9-10,14-15,20-21H,3-8,11-13,16-19H2,1-2H3,(H,25,26). The molecule has 2 rings (SSSR count). The predicted molar refractivity (Wildman–Crippen MR) is 120 cm³/mol. The van der Waals surface area contributed by atoms with E-state index in [1.807, 2.05) is 6.20 Å². The molecule has 3 nitrogen and oxygen atoms in total. The highest BCUT2D eigenvalue weighted by Crippen LogP contribution is 2.16. The second kappa shape index (κ2) is 13.5. The molecule has 0 aliphatic carbocycles. The molecule has 0 saturated carbocycles. The Morgan fingerprint density at radius 1 is 0.778 bits per heavy atom. The SMILES string of the molecule is CCCCCCN(CCCCCC)CCCNc1cc2ccccc2cn1. The van der Waals surface area contributed by atoms with Crippen molar-refractivity contribution >= 4 is 16.6 Å². The third-order valence-electron chi connectivity index (χ3n) is 5.24. The monoisotopic (exact) mass is 369 g/mol. The van der Waals surface area contributed by atoms with E-state index in [-0.39, 0.29) is 0 Å². The van der Waals surface area contributed by atoms with E-state index in [9.17, 15) is 0 Å². The normalized spacial score (nSPS) is 11.4. The molecule has 1 aromatic heterocycles. The molecule has 0 unspecified atom stereocenters. The third-order valence-corrected chi connectivity index (χ3v) is 5.24. The second-order valence-electron chi connectivity index (χ2n) is 7.66. The lowest BCUT2D eigenvalue weighted by Gasteiger charge is -2.22. The van der Waals surface area contributed by atoms with Crippen LogP contribution in [0.5, 0.6) is 0 Å². The Morgan fingerprint density at radius 2 is 1.41 bits per heavy atom. The van der Waals surface area contributed by atoms with Gasteiger partial charge in [-0.25, -0.2) is 4.98 Å². The molecule has 1 N–H and O–H groups in total. The van der Waals surface area contributed by atoms with Gasteiger partial charge in [-0.3, -0.25) is 0 Å². The van der Waals surface area contributed by atoms with Crippen molar-refractivity contribution in [2.24, 2.45) is 0 Å². The van der Waals surface area contributed by atoms with E-state index < -0.39 is 0 Å². The summed E-state index contributed by atoms with van der Waals surface area (Å²) in [5, 5.41) is 5.96. The lowest BCUT2D eigenvalue weighted by atomic mass is 10.1. The Morgan fingerprint density at radius 3 is 2.07 bits per heavy atom. The molecule has 0 aliphatic rings. The molecule has 1 aromatic carbocycles. The topological polar surface area (TPSA) is 28.2 Å². The molecule has 0 bridgehead atoms. The van der Waals surface area contributed by atoms with E-state index in [0.717, 1.165) is 12.4 Å². The van der Waals surface area contributed by atoms with Gasteiger partial charge < -0.3 is 10.2 Å². The number of unbranched alkanes of at least 4 members (excludes halogenated alkanes) is 6. The first kappa shape index (κ1) is 21.7. The summed E-state index contributed by atoms with van der Waals surface area (Å²) in [6.45, 7) is 9.29. The van der Waals surface area contributed by atoms with Gasteiger partial charge in [0.15, 0.2) is 0 Å². The molecule has 150 valence electrons. The summed E-state index contributed by atoms with van der Waals surface area (Å²) in [4.78, 5) is 7.22. The molecule has 0 aliphatic heterocycles. The average molecular weight is 370 g/mol. The molecule has 1 heterocycles. The van der Waals surface area contributed by atoms with Crippen molar-refractivity contribution in [1.82, 2.24) is 9.88 Å². The van der Waals surface area contributed by atoms with Crippen LogP contribution >= 0.6 is 0 Å². The van der Waals surface area contributed by atoms with Crippen LogP contribution < -0.4 is 5.32 Å².